The van der Waals surface area contributed by atoms with Crippen molar-refractivity contribution < 1.29 is 9.53 Å². The number of aliphatic imine (C=N–C) groups is 1. The average Bonchev–Trinajstić information content (AvgIpc) is 2.61. The Morgan fingerprint density at radius 2 is 2.00 bits per heavy atom. The fourth-order valence-corrected chi connectivity index (χ4v) is 3.38. The van der Waals surface area contributed by atoms with Gasteiger partial charge in [0.15, 0.2) is 11.6 Å². The summed E-state index contributed by atoms with van der Waals surface area (Å²) in [4.78, 5) is 17.9. The van der Waals surface area contributed by atoms with Crippen LogP contribution in [0.1, 0.15) is 52.5 Å². The smallest absolute Gasteiger partial charge is 0.205 e. The van der Waals surface area contributed by atoms with E-state index in [1.54, 1.807) is 6.07 Å². The summed E-state index contributed by atoms with van der Waals surface area (Å²) in [5.41, 5.74) is 6.07. The van der Waals surface area contributed by atoms with E-state index >= 15 is 0 Å². The van der Waals surface area contributed by atoms with Crippen LogP contribution in [-0.2, 0) is 15.1 Å². The summed E-state index contributed by atoms with van der Waals surface area (Å²) in [6.07, 6.45) is 1.48. The molecule has 4 nitrogen and oxygen atoms in total. The van der Waals surface area contributed by atoms with Gasteiger partial charge in [-0.05, 0) is 24.8 Å². The van der Waals surface area contributed by atoms with Crippen molar-refractivity contribution in [2.75, 3.05) is 0 Å². The predicted octanol–water partition coefficient (Wildman–Crippen LogP) is 4.10. The van der Waals surface area contributed by atoms with E-state index in [1.807, 2.05) is 32.0 Å². The topological polar surface area (TPSA) is 64.7 Å². The molecule has 0 aromatic heterocycles. The molecule has 4 atom stereocenters. The van der Waals surface area contributed by atoms with Gasteiger partial charge in [-0.1, -0.05) is 63.9 Å². The largest absolute Gasteiger partial charge is 0.468 e. The maximum Gasteiger partial charge on any atom is 0.205 e. The molecule has 2 rings (SSSR count). The third-order valence-electron chi connectivity index (χ3n) is 5.01. The van der Waals surface area contributed by atoms with Crippen LogP contribution in [0.15, 0.2) is 29.3 Å². The van der Waals surface area contributed by atoms with Gasteiger partial charge >= 0.3 is 0 Å². The summed E-state index contributed by atoms with van der Waals surface area (Å²) < 4.78 is 5.88. The summed E-state index contributed by atoms with van der Waals surface area (Å²) >= 11 is 6.41. The highest BCUT2D eigenvalue weighted by atomic mass is 35.5. The van der Waals surface area contributed by atoms with Crippen LogP contribution < -0.4 is 5.73 Å². The number of rotatable bonds is 6. The number of ether oxygens (including phenoxy) is 1. The summed E-state index contributed by atoms with van der Waals surface area (Å²) in [7, 11) is 0. The van der Waals surface area contributed by atoms with Gasteiger partial charge in [-0.15, -0.1) is 0 Å². The minimum absolute atomic E-state index is 0.0410. The second-order valence-corrected chi connectivity index (χ2v) is 6.84. The Hall–Kier alpha value is -1.39. The molecule has 0 saturated carbocycles. The lowest BCUT2D eigenvalue weighted by molar-refractivity contribution is -0.134. The molecular formula is C19H27ClN2O2. The predicted molar refractivity (Wildman–Crippen MR) is 98.5 cm³/mol. The zero-order chi connectivity index (χ0) is 17.9. The molecule has 0 fully saturated rings. The number of nitrogens with two attached hydrogens (primary N) is 1. The first-order valence-corrected chi connectivity index (χ1v) is 9.10. The van der Waals surface area contributed by atoms with Crippen molar-refractivity contribution in [3.05, 3.63) is 34.9 Å². The Bertz CT molecular complexity index is 632. The first kappa shape index (κ1) is 18.9. The van der Waals surface area contributed by atoms with Crippen LogP contribution in [0.2, 0.25) is 5.02 Å². The highest BCUT2D eigenvalue weighted by Crippen LogP contribution is 2.40. The molecule has 0 amide bonds. The van der Waals surface area contributed by atoms with E-state index in [9.17, 15) is 4.79 Å². The van der Waals surface area contributed by atoms with Gasteiger partial charge in [-0.3, -0.25) is 4.79 Å². The highest BCUT2D eigenvalue weighted by molar-refractivity contribution is 6.32. The van der Waals surface area contributed by atoms with Crippen molar-refractivity contribution in [2.24, 2.45) is 16.6 Å². The fourth-order valence-electron chi connectivity index (χ4n) is 3.09. The van der Waals surface area contributed by atoms with E-state index in [0.717, 1.165) is 12.0 Å². The van der Waals surface area contributed by atoms with Crippen molar-refractivity contribution >= 4 is 23.3 Å². The van der Waals surface area contributed by atoms with E-state index in [1.165, 1.54) is 0 Å². The normalized spacial score (nSPS) is 26.5. The van der Waals surface area contributed by atoms with Crippen molar-refractivity contribution in [3.8, 4) is 0 Å². The molecule has 1 aromatic carbocycles. The van der Waals surface area contributed by atoms with Gasteiger partial charge in [-0.25, -0.2) is 4.99 Å². The zero-order valence-corrected chi connectivity index (χ0v) is 15.6. The zero-order valence-electron chi connectivity index (χ0n) is 14.9. The molecule has 132 valence electrons. The number of carbonyl (C=O) groups is 1. The highest BCUT2D eigenvalue weighted by Gasteiger charge is 2.48. The van der Waals surface area contributed by atoms with Crippen LogP contribution in [-0.4, -0.2) is 23.8 Å². The number of nitrogens with zero attached hydrogens (tertiary/aromatic N) is 1. The Labute approximate surface area is 149 Å². The number of halogens is 1. The lowest BCUT2D eigenvalue weighted by Crippen LogP contribution is -2.52. The van der Waals surface area contributed by atoms with Crippen LogP contribution >= 0.6 is 11.6 Å². The third-order valence-corrected chi connectivity index (χ3v) is 5.34. The molecule has 0 bridgehead atoms. The van der Waals surface area contributed by atoms with E-state index in [4.69, 9.17) is 27.1 Å². The lowest BCUT2D eigenvalue weighted by atomic mass is 9.79. The van der Waals surface area contributed by atoms with E-state index in [0.29, 0.717) is 23.8 Å². The molecule has 3 unspecified atom stereocenters. The van der Waals surface area contributed by atoms with E-state index < -0.39 is 11.6 Å². The summed E-state index contributed by atoms with van der Waals surface area (Å²) in [5.74, 6) is 0.647. The van der Waals surface area contributed by atoms with Crippen molar-refractivity contribution in [1.82, 2.24) is 0 Å². The minimum Gasteiger partial charge on any atom is -0.468 e. The Morgan fingerprint density at radius 3 is 2.54 bits per heavy atom. The van der Waals surface area contributed by atoms with Gasteiger partial charge in [0.1, 0.15) is 0 Å². The average molecular weight is 351 g/mol. The third kappa shape index (κ3) is 3.22. The first-order valence-electron chi connectivity index (χ1n) is 8.72. The van der Waals surface area contributed by atoms with Crippen molar-refractivity contribution in [2.45, 2.75) is 64.6 Å². The number of hydrogen-bond donors (Lipinski definition) is 1. The van der Waals surface area contributed by atoms with Crippen LogP contribution in [0.3, 0.4) is 0 Å². The second-order valence-electron chi connectivity index (χ2n) is 6.43. The second kappa shape index (κ2) is 7.66. The first-order chi connectivity index (χ1) is 11.4. The molecule has 2 N–H and O–H groups in total. The fraction of sp³-hybridized carbons (Fsp3) is 0.579. The SMILES string of the molecule is CCC1OC(C(N)[C@H](C)CC)=NC(CC)(c2ccccc2Cl)C1=O. The number of ketones is 1. The van der Waals surface area contributed by atoms with Gasteiger partial charge in [0, 0.05) is 10.6 Å². The molecule has 1 aliphatic heterocycles. The molecule has 1 heterocycles. The minimum atomic E-state index is -1.02. The Morgan fingerprint density at radius 1 is 1.33 bits per heavy atom. The van der Waals surface area contributed by atoms with Gasteiger partial charge in [-0.2, -0.15) is 0 Å². The van der Waals surface area contributed by atoms with E-state index in [-0.39, 0.29) is 17.7 Å². The Balaban J connectivity index is 2.62. The molecule has 24 heavy (non-hydrogen) atoms. The monoisotopic (exact) mass is 350 g/mol. The van der Waals surface area contributed by atoms with Crippen LogP contribution in [0, 0.1) is 5.92 Å². The maximum atomic E-state index is 13.1. The van der Waals surface area contributed by atoms with Crippen LogP contribution in [0.4, 0.5) is 0 Å². The summed E-state index contributed by atoms with van der Waals surface area (Å²) in [5, 5.41) is 0.546. The molecule has 0 aliphatic carbocycles. The molecule has 0 radical (unpaired) electrons. The molecule has 5 heteroatoms. The Kier molecular flexibility index (Phi) is 6.05. The van der Waals surface area contributed by atoms with Crippen LogP contribution in [0.25, 0.3) is 0 Å². The lowest BCUT2D eigenvalue weighted by Gasteiger charge is -2.38. The number of benzene rings is 1. The number of carbonyl (C=O) groups excluding carboxylic acids is 1. The molecular weight excluding hydrogens is 324 g/mol. The maximum absolute atomic E-state index is 13.1. The summed E-state index contributed by atoms with van der Waals surface area (Å²) in [6, 6.07) is 7.07. The molecule has 0 saturated heterocycles. The molecule has 0 spiro atoms. The number of Topliss-reactive ketones (excluding diaryl/α,β-unsaturated/α-hetero) is 1. The standard InChI is InChI=1S/C19H27ClN2O2/c1-5-12(4)16(21)18-22-19(7-3,17(23)15(6-2)24-18)13-10-8-9-11-14(13)20/h8-12,15-16H,5-7,21H2,1-4H3/t12-,15?,16?,19?/m1/s1. The van der Waals surface area contributed by atoms with Crippen molar-refractivity contribution in [1.29, 1.82) is 0 Å². The van der Waals surface area contributed by atoms with Gasteiger partial charge in [0.2, 0.25) is 11.7 Å². The van der Waals surface area contributed by atoms with Gasteiger partial charge < -0.3 is 10.5 Å². The molecule has 1 aliphatic rings. The van der Waals surface area contributed by atoms with Crippen molar-refractivity contribution in [3.63, 3.8) is 0 Å². The molecule has 1 aromatic rings. The number of hydrogen-bond acceptors (Lipinski definition) is 4. The van der Waals surface area contributed by atoms with Gasteiger partial charge in [0.25, 0.3) is 0 Å². The van der Waals surface area contributed by atoms with E-state index in [2.05, 4.69) is 13.8 Å². The van der Waals surface area contributed by atoms with Crippen LogP contribution in [0.5, 0.6) is 0 Å². The quantitative estimate of drug-likeness (QED) is 0.840. The summed E-state index contributed by atoms with van der Waals surface area (Å²) in [6.45, 7) is 8.04. The van der Waals surface area contributed by atoms with Gasteiger partial charge in [0.05, 0.1) is 6.04 Å².